The Kier molecular flexibility index (Phi) is 5.34. The Morgan fingerprint density at radius 3 is 2.86 bits per heavy atom. The number of aliphatic hydroxyl groups excluding tert-OH is 1. The van der Waals surface area contributed by atoms with E-state index in [0.29, 0.717) is 30.5 Å². The zero-order chi connectivity index (χ0) is 15.1. The zero-order valence-electron chi connectivity index (χ0n) is 12.0. The molecule has 112 valence electrons. The Balaban J connectivity index is 2.05. The third-order valence-electron chi connectivity index (χ3n) is 2.92. The number of aliphatic hydroxyl groups is 1. The van der Waals surface area contributed by atoms with E-state index in [1.165, 1.54) is 6.33 Å². The molecule has 0 saturated carbocycles. The van der Waals surface area contributed by atoms with Crippen molar-refractivity contribution < 1.29 is 9.84 Å². The van der Waals surface area contributed by atoms with Crippen molar-refractivity contribution in [3.8, 4) is 5.88 Å². The second-order valence-electron chi connectivity index (χ2n) is 4.62. The van der Waals surface area contributed by atoms with Crippen LogP contribution < -0.4 is 15.8 Å². The number of ether oxygens (including phenoxy) is 1. The molecule has 0 saturated heterocycles. The number of nitrogens with two attached hydrogens (primary N) is 1. The van der Waals surface area contributed by atoms with Crippen LogP contribution in [0.4, 0.5) is 11.5 Å². The van der Waals surface area contributed by atoms with Gasteiger partial charge in [-0.25, -0.2) is 4.98 Å². The summed E-state index contributed by atoms with van der Waals surface area (Å²) in [4.78, 5) is 8.16. The molecule has 21 heavy (non-hydrogen) atoms. The Morgan fingerprint density at radius 2 is 2.10 bits per heavy atom. The van der Waals surface area contributed by atoms with Crippen LogP contribution in [0, 0.1) is 0 Å². The molecule has 0 amide bonds. The SMILES string of the molecule is CCCOc1ncnc(NCc2cccc(CO)c2)c1N. The molecule has 0 aliphatic carbocycles. The number of anilines is 2. The first-order valence-corrected chi connectivity index (χ1v) is 6.90. The fourth-order valence-electron chi connectivity index (χ4n) is 1.86. The Hall–Kier alpha value is -2.34. The number of aromatic nitrogens is 2. The van der Waals surface area contributed by atoms with Gasteiger partial charge in [0.25, 0.3) is 0 Å². The van der Waals surface area contributed by atoms with Gasteiger partial charge < -0.3 is 20.9 Å². The molecule has 0 atom stereocenters. The van der Waals surface area contributed by atoms with Crippen LogP contribution in [-0.2, 0) is 13.2 Å². The van der Waals surface area contributed by atoms with Gasteiger partial charge in [-0.2, -0.15) is 4.98 Å². The van der Waals surface area contributed by atoms with Crippen molar-refractivity contribution in [3.63, 3.8) is 0 Å². The maximum atomic E-state index is 9.13. The average molecular weight is 288 g/mol. The van der Waals surface area contributed by atoms with Crippen molar-refractivity contribution in [2.75, 3.05) is 17.7 Å². The smallest absolute Gasteiger partial charge is 0.242 e. The van der Waals surface area contributed by atoms with Gasteiger partial charge in [-0.15, -0.1) is 0 Å². The monoisotopic (exact) mass is 288 g/mol. The molecule has 0 aliphatic heterocycles. The van der Waals surface area contributed by atoms with Crippen molar-refractivity contribution in [1.29, 1.82) is 0 Å². The molecule has 0 fully saturated rings. The quantitative estimate of drug-likeness (QED) is 0.721. The summed E-state index contributed by atoms with van der Waals surface area (Å²) in [7, 11) is 0. The molecule has 2 rings (SSSR count). The van der Waals surface area contributed by atoms with Crippen molar-refractivity contribution in [1.82, 2.24) is 9.97 Å². The second-order valence-corrected chi connectivity index (χ2v) is 4.62. The summed E-state index contributed by atoms with van der Waals surface area (Å²) in [6, 6.07) is 7.68. The number of nitrogens with one attached hydrogen (secondary N) is 1. The molecule has 2 aromatic rings. The first kappa shape index (κ1) is 15.1. The Labute approximate surface area is 124 Å². The van der Waals surface area contributed by atoms with Gasteiger partial charge in [-0.05, 0) is 17.5 Å². The highest BCUT2D eigenvalue weighted by atomic mass is 16.5. The van der Waals surface area contributed by atoms with Gasteiger partial charge in [-0.3, -0.25) is 0 Å². The van der Waals surface area contributed by atoms with Crippen molar-refractivity contribution in [2.24, 2.45) is 0 Å². The summed E-state index contributed by atoms with van der Waals surface area (Å²) >= 11 is 0. The van der Waals surface area contributed by atoms with E-state index in [-0.39, 0.29) is 6.61 Å². The van der Waals surface area contributed by atoms with Gasteiger partial charge in [0.05, 0.1) is 13.2 Å². The number of benzene rings is 1. The third-order valence-corrected chi connectivity index (χ3v) is 2.92. The molecule has 0 unspecified atom stereocenters. The minimum absolute atomic E-state index is 0.0263. The fraction of sp³-hybridized carbons (Fsp3) is 0.333. The Morgan fingerprint density at radius 1 is 1.29 bits per heavy atom. The van der Waals surface area contributed by atoms with Gasteiger partial charge in [-0.1, -0.05) is 31.2 Å². The highest BCUT2D eigenvalue weighted by Gasteiger charge is 2.08. The van der Waals surface area contributed by atoms with Gasteiger partial charge in [0.15, 0.2) is 5.82 Å². The lowest BCUT2D eigenvalue weighted by Crippen LogP contribution is -2.08. The van der Waals surface area contributed by atoms with E-state index >= 15 is 0 Å². The number of hydrogen-bond acceptors (Lipinski definition) is 6. The summed E-state index contributed by atoms with van der Waals surface area (Å²) in [6.07, 6.45) is 2.31. The number of nitrogen functional groups attached to an aromatic ring is 1. The largest absolute Gasteiger partial charge is 0.476 e. The van der Waals surface area contributed by atoms with Crippen LogP contribution in [0.2, 0.25) is 0 Å². The molecule has 6 nitrogen and oxygen atoms in total. The van der Waals surface area contributed by atoms with E-state index in [0.717, 1.165) is 17.5 Å². The maximum absolute atomic E-state index is 9.13. The van der Waals surface area contributed by atoms with Crippen LogP contribution in [0.15, 0.2) is 30.6 Å². The average Bonchev–Trinajstić information content (AvgIpc) is 2.53. The molecule has 6 heteroatoms. The third kappa shape index (κ3) is 4.06. The van der Waals surface area contributed by atoms with Crippen molar-refractivity contribution >= 4 is 11.5 Å². The first-order chi connectivity index (χ1) is 10.2. The molecule has 0 aliphatic rings. The molecule has 0 radical (unpaired) electrons. The van der Waals surface area contributed by atoms with E-state index in [1.54, 1.807) is 0 Å². The minimum Gasteiger partial charge on any atom is -0.476 e. The lowest BCUT2D eigenvalue weighted by atomic mass is 10.1. The molecule has 1 heterocycles. The van der Waals surface area contributed by atoms with Gasteiger partial charge in [0, 0.05) is 6.54 Å². The topological polar surface area (TPSA) is 93.3 Å². The zero-order valence-corrected chi connectivity index (χ0v) is 12.0. The van der Waals surface area contributed by atoms with Crippen LogP contribution >= 0.6 is 0 Å². The van der Waals surface area contributed by atoms with Crippen molar-refractivity contribution in [2.45, 2.75) is 26.5 Å². The lowest BCUT2D eigenvalue weighted by Gasteiger charge is -2.11. The molecule has 1 aromatic heterocycles. The normalized spacial score (nSPS) is 10.4. The predicted octanol–water partition coefficient (Wildman–Crippen LogP) is 1.95. The van der Waals surface area contributed by atoms with Crippen molar-refractivity contribution in [3.05, 3.63) is 41.7 Å². The summed E-state index contributed by atoms with van der Waals surface area (Å²) in [6.45, 7) is 3.17. The van der Waals surface area contributed by atoms with Crippen LogP contribution in [0.3, 0.4) is 0 Å². The molecule has 0 bridgehead atoms. The van der Waals surface area contributed by atoms with Crippen LogP contribution in [-0.4, -0.2) is 21.7 Å². The molecule has 4 N–H and O–H groups in total. The van der Waals surface area contributed by atoms with Crippen LogP contribution in [0.5, 0.6) is 5.88 Å². The fourth-order valence-corrected chi connectivity index (χ4v) is 1.86. The minimum atomic E-state index is 0.0263. The summed E-state index contributed by atoms with van der Waals surface area (Å²) < 4.78 is 5.47. The molecule has 0 spiro atoms. The van der Waals surface area contributed by atoms with Gasteiger partial charge in [0.2, 0.25) is 5.88 Å². The van der Waals surface area contributed by atoms with Gasteiger partial charge >= 0.3 is 0 Å². The van der Waals surface area contributed by atoms with E-state index in [9.17, 15) is 0 Å². The van der Waals surface area contributed by atoms with Crippen LogP contribution in [0.1, 0.15) is 24.5 Å². The van der Waals surface area contributed by atoms with E-state index in [1.807, 2.05) is 31.2 Å². The van der Waals surface area contributed by atoms with Crippen LogP contribution in [0.25, 0.3) is 0 Å². The summed E-state index contributed by atoms with van der Waals surface area (Å²) in [5.74, 6) is 0.948. The van der Waals surface area contributed by atoms with E-state index < -0.39 is 0 Å². The van der Waals surface area contributed by atoms with E-state index in [4.69, 9.17) is 15.6 Å². The summed E-state index contributed by atoms with van der Waals surface area (Å²) in [5.41, 5.74) is 8.31. The molecular formula is C15H20N4O2. The maximum Gasteiger partial charge on any atom is 0.242 e. The Bertz CT molecular complexity index is 590. The first-order valence-electron chi connectivity index (χ1n) is 6.90. The van der Waals surface area contributed by atoms with Gasteiger partial charge in [0.1, 0.15) is 12.0 Å². The number of hydrogen-bond donors (Lipinski definition) is 3. The predicted molar refractivity (Wildman–Crippen MR) is 81.9 cm³/mol. The second kappa shape index (κ2) is 7.44. The highest BCUT2D eigenvalue weighted by Crippen LogP contribution is 2.25. The lowest BCUT2D eigenvalue weighted by molar-refractivity contribution is 0.281. The highest BCUT2D eigenvalue weighted by molar-refractivity contribution is 5.66. The van der Waals surface area contributed by atoms with E-state index in [2.05, 4.69) is 15.3 Å². The number of rotatable bonds is 7. The molecular weight excluding hydrogens is 268 g/mol. The summed E-state index contributed by atoms with van der Waals surface area (Å²) in [5, 5.41) is 12.3. The standard InChI is InChI=1S/C15H20N4O2/c1-2-6-21-15-13(16)14(18-10-19-15)17-8-11-4-3-5-12(7-11)9-20/h3-5,7,10,20H,2,6,8-9,16H2,1H3,(H,17,18,19). The number of nitrogens with zero attached hydrogens (tertiary/aromatic N) is 2. The molecule has 1 aromatic carbocycles.